The molecule has 0 aliphatic heterocycles. The molecule has 1 aromatic carbocycles. The van der Waals surface area contributed by atoms with Gasteiger partial charge in [-0.1, -0.05) is 11.2 Å². The van der Waals surface area contributed by atoms with E-state index in [4.69, 9.17) is 15.0 Å². The lowest BCUT2D eigenvalue weighted by molar-refractivity contribution is 0.147. The van der Waals surface area contributed by atoms with Crippen LogP contribution in [-0.4, -0.2) is 12.3 Å². The number of aromatic nitrogens is 1. The SMILES string of the molecule is COc1c(C(F)F)ccc(C)c1-c1cc(N)on1. The van der Waals surface area contributed by atoms with Crippen molar-refractivity contribution in [3.05, 3.63) is 29.3 Å². The fourth-order valence-corrected chi connectivity index (χ4v) is 1.81. The van der Waals surface area contributed by atoms with Gasteiger partial charge in [-0.2, -0.15) is 0 Å². The second-order valence-electron chi connectivity index (χ2n) is 3.80. The molecule has 0 fully saturated rings. The van der Waals surface area contributed by atoms with E-state index in [0.29, 0.717) is 11.3 Å². The quantitative estimate of drug-likeness (QED) is 0.913. The molecule has 0 saturated heterocycles. The van der Waals surface area contributed by atoms with E-state index in [9.17, 15) is 8.78 Å². The minimum Gasteiger partial charge on any atom is -0.496 e. The third kappa shape index (κ3) is 2.01. The Morgan fingerprint density at radius 2 is 2.11 bits per heavy atom. The number of benzene rings is 1. The van der Waals surface area contributed by atoms with Crippen molar-refractivity contribution in [2.45, 2.75) is 13.3 Å². The Kier molecular flexibility index (Phi) is 3.18. The lowest BCUT2D eigenvalue weighted by Gasteiger charge is -2.13. The second kappa shape index (κ2) is 4.64. The maximum Gasteiger partial charge on any atom is 0.267 e. The van der Waals surface area contributed by atoms with Gasteiger partial charge >= 0.3 is 0 Å². The van der Waals surface area contributed by atoms with Gasteiger partial charge in [0.1, 0.15) is 11.4 Å². The predicted octanol–water partition coefficient (Wildman–Crippen LogP) is 3.18. The molecule has 0 unspecified atom stereocenters. The number of aryl methyl sites for hydroxylation is 1. The van der Waals surface area contributed by atoms with Crippen LogP contribution >= 0.6 is 0 Å². The van der Waals surface area contributed by atoms with Gasteiger partial charge in [0.25, 0.3) is 6.43 Å². The summed E-state index contributed by atoms with van der Waals surface area (Å²) < 4.78 is 35.6. The highest BCUT2D eigenvalue weighted by molar-refractivity contribution is 5.74. The molecule has 18 heavy (non-hydrogen) atoms. The van der Waals surface area contributed by atoms with Crippen LogP contribution in [0.2, 0.25) is 0 Å². The lowest BCUT2D eigenvalue weighted by Crippen LogP contribution is -1.97. The number of rotatable bonds is 3. The molecule has 2 aromatic rings. The van der Waals surface area contributed by atoms with Crippen molar-refractivity contribution >= 4 is 5.88 Å². The monoisotopic (exact) mass is 254 g/mol. The van der Waals surface area contributed by atoms with Crippen molar-refractivity contribution in [2.24, 2.45) is 0 Å². The zero-order valence-corrected chi connectivity index (χ0v) is 9.91. The number of nitrogens with zero attached hydrogens (tertiary/aromatic N) is 1. The zero-order valence-electron chi connectivity index (χ0n) is 9.91. The van der Waals surface area contributed by atoms with Crippen LogP contribution in [0.15, 0.2) is 22.7 Å². The number of ether oxygens (including phenoxy) is 1. The standard InChI is InChI=1S/C12H12F2N2O2/c1-6-3-4-7(12(13)14)11(17-2)10(6)8-5-9(15)18-16-8/h3-5,12H,15H2,1-2H3. The minimum absolute atomic E-state index is 0.0956. The molecule has 6 heteroatoms. The third-order valence-corrected chi connectivity index (χ3v) is 2.62. The molecule has 0 amide bonds. The van der Waals surface area contributed by atoms with Gasteiger partial charge in [-0.05, 0) is 18.6 Å². The summed E-state index contributed by atoms with van der Waals surface area (Å²) in [5.74, 6) is 0.215. The molecule has 2 N–H and O–H groups in total. The van der Waals surface area contributed by atoms with Gasteiger partial charge in [0.15, 0.2) is 0 Å². The van der Waals surface area contributed by atoms with E-state index in [2.05, 4.69) is 5.16 Å². The fraction of sp³-hybridized carbons (Fsp3) is 0.250. The molecule has 0 radical (unpaired) electrons. The number of anilines is 1. The van der Waals surface area contributed by atoms with Crippen LogP contribution in [0.25, 0.3) is 11.3 Å². The second-order valence-corrected chi connectivity index (χ2v) is 3.80. The van der Waals surface area contributed by atoms with Gasteiger partial charge < -0.3 is 15.0 Å². The van der Waals surface area contributed by atoms with E-state index in [1.165, 1.54) is 19.2 Å². The van der Waals surface area contributed by atoms with Gasteiger partial charge in [-0.25, -0.2) is 8.78 Å². The van der Waals surface area contributed by atoms with Crippen molar-refractivity contribution in [1.29, 1.82) is 0 Å². The highest BCUT2D eigenvalue weighted by atomic mass is 19.3. The molecule has 1 aromatic heterocycles. The Hall–Kier alpha value is -2.11. The molecule has 4 nitrogen and oxygen atoms in total. The molecular formula is C12H12F2N2O2. The maximum absolute atomic E-state index is 12.9. The molecule has 0 saturated carbocycles. The van der Waals surface area contributed by atoms with E-state index in [1.807, 2.05) is 0 Å². The Bertz CT molecular complexity index is 567. The highest BCUT2D eigenvalue weighted by Gasteiger charge is 2.21. The van der Waals surface area contributed by atoms with Crippen molar-refractivity contribution in [1.82, 2.24) is 5.16 Å². The van der Waals surface area contributed by atoms with E-state index < -0.39 is 6.43 Å². The molecule has 0 aliphatic rings. The van der Waals surface area contributed by atoms with Crippen molar-refractivity contribution in [2.75, 3.05) is 12.8 Å². The van der Waals surface area contributed by atoms with Crippen molar-refractivity contribution in [3.63, 3.8) is 0 Å². The summed E-state index contributed by atoms with van der Waals surface area (Å²) >= 11 is 0. The summed E-state index contributed by atoms with van der Waals surface area (Å²) in [5.41, 5.74) is 6.86. The predicted molar refractivity (Wildman–Crippen MR) is 62.6 cm³/mol. The molecular weight excluding hydrogens is 242 g/mol. The highest BCUT2D eigenvalue weighted by Crippen LogP contribution is 2.39. The van der Waals surface area contributed by atoms with E-state index >= 15 is 0 Å². The van der Waals surface area contributed by atoms with Crippen LogP contribution in [0.3, 0.4) is 0 Å². The number of alkyl halides is 2. The van der Waals surface area contributed by atoms with Crippen LogP contribution in [0.1, 0.15) is 17.6 Å². The summed E-state index contributed by atoms with van der Waals surface area (Å²) in [6, 6.07) is 4.40. The van der Waals surface area contributed by atoms with Crippen LogP contribution < -0.4 is 10.5 Å². The lowest BCUT2D eigenvalue weighted by atomic mass is 10.0. The fourth-order valence-electron chi connectivity index (χ4n) is 1.81. The zero-order chi connectivity index (χ0) is 13.3. The Morgan fingerprint density at radius 3 is 2.61 bits per heavy atom. The first-order valence-corrected chi connectivity index (χ1v) is 5.22. The normalized spacial score (nSPS) is 10.9. The van der Waals surface area contributed by atoms with Crippen LogP contribution in [0.4, 0.5) is 14.7 Å². The summed E-state index contributed by atoms with van der Waals surface area (Å²) in [7, 11) is 1.34. The number of halogens is 2. The summed E-state index contributed by atoms with van der Waals surface area (Å²) in [6.07, 6.45) is -2.62. The molecule has 96 valence electrons. The Morgan fingerprint density at radius 1 is 1.39 bits per heavy atom. The van der Waals surface area contributed by atoms with E-state index in [1.54, 1.807) is 13.0 Å². The number of hydrogen-bond acceptors (Lipinski definition) is 4. The average Bonchev–Trinajstić information content (AvgIpc) is 2.74. The van der Waals surface area contributed by atoms with Gasteiger partial charge in [-0.15, -0.1) is 0 Å². The van der Waals surface area contributed by atoms with Gasteiger partial charge in [0, 0.05) is 11.6 Å². The molecule has 0 spiro atoms. The third-order valence-electron chi connectivity index (χ3n) is 2.62. The number of nitrogen functional groups attached to an aromatic ring is 1. The summed E-state index contributed by atoms with van der Waals surface area (Å²) in [6.45, 7) is 1.78. The smallest absolute Gasteiger partial charge is 0.267 e. The number of nitrogens with two attached hydrogens (primary N) is 1. The van der Waals surface area contributed by atoms with Crippen molar-refractivity contribution in [3.8, 4) is 17.0 Å². The minimum atomic E-state index is -2.62. The Labute approximate surface area is 102 Å². The van der Waals surface area contributed by atoms with Crippen molar-refractivity contribution < 1.29 is 18.0 Å². The van der Waals surface area contributed by atoms with Crippen LogP contribution in [-0.2, 0) is 0 Å². The van der Waals surface area contributed by atoms with Crippen LogP contribution in [0.5, 0.6) is 5.75 Å². The Balaban J connectivity index is 2.68. The molecule has 0 bridgehead atoms. The van der Waals surface area contributed by atoms with E-state index in [-0.39, 0.29) is 17.2 Å². The number of hydrogen-bond donors (Lipinski definition) is 1. The molecule has 0 atom stereocenters. The summed E-state index contributed by atoms with van der Waals surface area (Å²) in [5, 5.41) is 3.73. The topological polar surface area (TPSA) is 61.3 Å². The van der Waals surface area contributed by atoms with Gasteiger partial charge in [0.05, 0.1) is 12.7 Å². The summed E-state index contributed by atoms with van der Waals surface area (Å²) in [4.78, 5) is 0. The molecule has 2 rings (SSSR count). The first kappa shape index (κ1) is 12.3. The van der Waals surface area contributed by atoms with Gasteiger partial charge in [-0.3, -0.25) is 0 Å². The first-order chi connectivity index (χ1) is 8.54. The molecule has 0 aliphatic carbocycles. The number of methoxy groups -OCH3 is 1. The largest absolute Gasteiger partial charge is 0.496 e. The maximum atomic E-state index is 12.9. The molecule has 1 heterocycles. The van der Waals surface area contributed by atoms with Gasteiger partial charge in [0.2, 0.25) is 5.88 Å². The first-order valence-electron chi connectivity index (χ1n) is 5.22. The van der Waals surface area contributed by atoms with Crippen LogP contribution in [0, 0.1) is 6.92 Å². The average molecular weight is 254 g/mol. The van der Waals surface area contributed by atoms with E-state index in [0.717, 1.165) is 5.56 Å².